The Bertz CT molecular complexity index is 940. The van der Waals surface area contributed by atoms with E-state index < -0.39 is 46.8 Å². The number of urea groups is 1. The number of barbiturate groups is 1. The average Bonchev–Trinajstić information content (AvgIpc) is 2.86. The van der Waals surface area contributed by atoms with Gasteiger partial charge in [-0.3, -0.25) is 25.0 Å². The van der Waals surface area contributed by atoms with E-state index in [4.69, 9.17) is 0 Å². The number of benzene rings is 1. The molecule has 198 valence electrons. The zero-order valence-electron chi connectivity index (χ0n) is 20.2. The SMILES string of the molecule is CCCCCCCCC1(C2CNCCN2c2ccc(N(F)C(=O)C(F)F)cc2)C(=O)NC(=O)NC1=O. The first-order chi connectivity index (χ1) is 17.2. The second-order valence-electron chi connectivity index (χ2n) is 9.08. The monoisotopic (exact) mass is 511 g/mol. The highest BCUT2D eigenvalue weighted by atomic mass is 19.3. The number of nitrogens with one attached hydrogen (secondary N) is 3. The molecule has 2 heterocycles. The summed E-state index contributed by atoms with van der Waals surface area (Å²) in [4.78, 5) is 51.4. The summed E-state index contributed by atoms with van der Waals surface area (Å²) in [5.41, 5.74) is -1.40. The number of hydrogen-bond acceptors (Lipinski definition) is 6. The maximum Gasteiger partial charge on any atom is 0.328 e. The minimum atomic E-state index is -3.49. The van der Waals surface area contributed by atoms with E-state index >= 15 is 0 Å². The third-order valence-corrected chi connectivity index (χ3v) is 6.79. The number of nitrogens with zero attached hydrogens (tertiary/aromatic N) is 2. The van der Waals surface area contributed by atoms with Crippen LogP contribution in [0.25, 0.3) is 0 Å². The van der Waals surface area contributed by atoms with Gasteiger partial charge in [0.2, 0.25) is 11.8 Å². The standard InChI is InChI=1S/C24H32F3N5O4/c1-2-3-4-5-6-7-12-24(21(34)29-23(36)30-22(24)35)18-15-28-13-14-31(18)16-8-10-17(11-9-16)32(27)20(33)19(25)26/h8-11,18-19,28H,2-7,12-15H2,1H3,(H2,29,30,34,35,36). The van der Waals surface area contributed by atoms with Crippen LogP contribution in [-0.2, 0) is 14.4 Å². The van der Waals surface area contributed by atoms with Crippen LogP contribution in [0.15, 0.2) is 24.3 Å². The molecule has 0 bridgehead atoms. The summed E-state index contributed by atoms with van der Waals surface area (Å²) in [5, 5.41) is 7.09. The molecular weight excluding hydrogens is 479 g/mol. The first-order valence-electron chi connectivity index (χ1n) is 12.2. The fourth-order valence-electron chi connectivity index (χ4n) is 4.89. The molecule has 0 radical (unpaired) electrons. The largest absolute Gasteiger partial charge is 0.364 e. The number of carbonyl (C=O) groups excluding carboxylic acids is 4. The maximum atomic E-state index is 14.0. The van der Waals surface area contributed by atoms with E-state index in [2.05, 4.69) is 22.9 Å². The van der Waals surface area contributed by atoms with Crippen molar-refractivity contribution in [2.24, 2.45) is 5.41 Å². The molecular formula is C24H32F3N5O4. The van der Waals surface area contributed by atoms with E-state index in [1.165, 1.54) is 24.3 Å². The van der Waals surface area contributed by atoms with Crippen molar-refractivity contribution in [2.75, 3.05) is 29.7 Å². The van der Waals surface area contributed by atoms with Crippen LogP contribution in [-0.4, -0.2) is 55.9 Å². The average molecular weight is 512 g/mol. The smallest absolute Gasteiger partial charge is 0.328 e. The van der Waals surface area contributed by atoms with Gasteiger partial charge in [-0.25, -0.2) is 4.79 Å². The number of alkyl halides is 2. The summed E-state index contributed by atoms with van der Waals surface area (Å²) >= 11 is 0. The molecule has 2 aliphatic rings. The van der Waals surface area contributed by atoms with Crippen molar-refractivity contribution in [3.8, 4) is 0 Å². The lowest BCUT2D eigenvalue weighted by atomic mass is 9.71. The lowest BCUT2D eigenvalue weighted by Crippen LogP contribution is -2.72. The van der Waals surface area contributed by atoms with E-state index in [1.807, 2.05) is 4.90 Å². The minimum absolute atomic E-state index is 0.228. The molecule has 3 rings (SSSR count). The Kier molecular flexibility index (Phi) is 9.30. The van der Waals surface area contributed by atoms with Crippen molar-refractivity contribution in [3.05, 3.63) is 24.3 Å². The van der Waals surface area contributed by atoms with Crippen LogP contribution >= 0.6 is 0 Å². The molecule has 9 nitrogen and oxygen atoms in total. The van der Waals surface area contributed by atoms with E-state index in [-0.39, 0.29) is 18.7 Å². The van der Waals surface area contributed by atoms with Gasteiger partial charge in [0.25, 0.3) is 0 Å². The fraction of sp³-hybridized carbons (Fsp3) is 0.583. The molecule has 36 heavy (non-hydrogen) atoms. The van der Waals surface area contributed by atoms with Crippen LogP contribution in [0, 0.1) is 5.41 Å². The highest BCUT2D eigenvalue weighted by Crippen LogP contribution is 2.38. The summed E-state index contributed by atoms with van der Waals surface area (Å²) in [6, 6.07) is 3.71. The van der Waals surface area contributed by atoms with Crippen LogP contribution in [0.4, 0.5) is 29.4 Å². The number of amides is 5. The number of rotatable bonds is 11. The summed E-state index contributed by atoms with van der Waals surface area (Å²) in [6.45, 7) is 3.31. The lowest BCUT2D eigenvalue weighted by molar-refractivity contribution is -0.147. The van der Waals surface area contributed by atoms with Crippen LogP contribution < -0.4 is 26.0 Å². The number of anilines is 2. The zero-order valence-corrected chi connectivity index (χ0v) is 20.2. The normalized spacial score (nSPS) is 19.8. The van der Waals surface area contributed by atoms with E-state index in [1.54, 1.807) is 0 Å². The predicted octanol–water partition coefficient (Wildman–Crippen LogP) is 3.05. The topological polar surface area (TPSA) is 111 Å². The van der Waals surface area contributed by atoms with Gasteiger partial charge in [-0.15, -0.1) is 5.12 Å². The molecule has 2 fully saturated rings. The van der Waals surface area contributed by atoms with Gasteiger partial charge in [-0.05, 0) is 30.7 Å². The third kappa shape index (κ3) is 5.80. The number of piperazine rings is 1. The third-order valence-electron chi connectivity index (χ3n) is 6.79. The van der Waals surface area contributed by atoms with Gasteiger partial charge >= 0.3 is 18.4 Å². The first-order valence-corrected chi connectivity index (χ1v) is 12.2. The Balaban J connectivity index is 1.87. The van der Waals surface area contributed by atoms with Gasteiger partial charge < -0.3 is 10.2 Å². The predicted molar refractivity (Wildman–Crippen MR) is 127 cm³/mol. The van der Waals surface area contributed by atoms with Crippen molar-refractivity contribution in [3.63, 3.8) is 0 Å². The summed E-state index contributed by atoms with van der Waals surface area (Å²) in [6.07, 6.45) is 2.40. The van der Waals surface area contributed by atoms with Crippen molar-refractivity contribution < 1.29 is 32.4 Å². The molecule has 0 spiro atoms. The van der Waals surface area contributed by atoms with E-state index in [9.17, 15) is 32.4 Å². The number of unbranched alkanes of at least 4 members (excludes halogenated alkanes) is 5. The Morgan fingerprint density at radius 2 is 1.67 bits per heavy atom. The Morgan fingerprint density at radius 3 is 2.28 bits per heavy atom. The second-order valence-corrected chi connectivity index (χ2v) is 9.08. The van der Waals surface area contributed by atoms with Crippen LogP contribution in [0.1, 0.15) is 51.9 Å². The van der Waals surface area contributed by atoms with Gasteiger partial charge in [0, 0.05) is 25.3 Å². The highest BCUT2D eigenvalue weighted by Gasteiger charge is 2.57. The minimum Gasteiger partial charge on any atom is -0.364 e. The van der Waals surface area contributed by atoms with Crippen LogP contribution in [0.5, 0.6) is 0 Å². The van der Waals surface area contributed by atoms with Crippen molar-refractivity contribution in [1.29, 1.82) is 0 Å². The van der Waals surface area contributed by atoms with Gasteiger partial charge in [-0.2, -0.15) is 8.78 Å². The Hall–Kier alpha value is -3.15. The van der Waals surface area contributed by atoms with Crippen molar-refractivity contribution in [1.82, 2.24) is 16.0 Å². The molecule has 2 saturated heterocycles. The Labute approximate surface area is 207 Å². The van der Waals surface area contributed by atoms with Gasteiger partial charge in [0.05, 0.1) is 11.7 Å². The molecule has 0 aromatic heterocycles. The quantitative estimate of drug-likeness (QED) is 0.239. The van der Waals surface area contributed by atoms with Crippen molar-refractivity contribution >= 4 is 35.1 Å². The van der Waals surface area contributed by atoms with E-state index in [0.717, 1.165) is 32.1 Å². The molecule has 1 unspecified atom stereocenters. The number of hydrogen-bond donors (Lipinski definition) is 3. The summed E-state index contributed by atoms with van der Waals surface area (Å²) in [7, 11) is 0. The molecule has 3 N–H and O–H groups in total. The summed E-state index contributed by atoms with van der Waals surface area (Å²) in [5.74, 6) is -3.31. The number of carbonyl (C=O) groups is 4. The van der Waals surface area contributed by atoms with Crippen LogP contribution in [0.3, 0.4) is 0 Å². The first kappa shape index (κ1) is 27.4. The van der Waals surface area contributed by atoms with Gasteiger partial charge in [0.1, 0.15) is 5.41 Å². The lowest BCUT2D eigenvalue weighted by Gasteiger charge is -2.48. The van der Waals surface area contributed by atoms with E-state index in [0.29, 0.717) is 25.2 Å². The Morgan fingerprint density at radius 1 is 1.06 bits per heavy atom. The molecule has 1 aromatic rings. The molecule has 1 aromatic carbocycles. The number of halogens is 3. The molecule has 0 saturated carbocycles. The molecule has 12 heteroatoms. The number of imide groups is 2. The molecule has 1 atom stereocenters. The van der Waals surface area contributed by atoms with Gasteiger partial charge in [0.15, 0.2) is 0 Å². The summed E-state index contributed by atoms with van der Waals surface area (Å²) < 4.78 is 39.2. The molecule has 2 aliphatic heterocycles. The maximum absolute atomic E-state index is 14.0. The molecule has 0 aliphatic carbocycles. The molecule has 5 amide bonds. The van der Waals surface area contributed by atoms with Crippen molar-refractivity contribution in [2.45, 2.75) is 64.3 Å². The van der Waals surface area contributed by atoms with Crippen LogP contribution in [0.2, 0.25) is 0 Å². The fourth-order valence-corrected chi connectivity index (χ4v) is 4.89. The second kappa shape index (κ2) is 12.2. The zero-order chi connectivity index (χ0) is 26.3. The highest BCUT2D eigenvalue weighted by molar-refractivity contribution is 6.20. The van der Waals surface area contributed by atoms with Gasteiger partial charge in [-0.1, -0.05) is 49.9 Å².